The van der Waals surface area contributed by atoms with Gasteiger partial charge in [0.2, 0.25) is 5.78 Å². The van der Waals surface area contributed by atoms with Gasteiger partial charge in [0.05, 0.1) is 11.1 Å². The van der Waals surface area contributed by atoms with Crippen molar-refractivity contribution in [2.24, 2.45) is 0 Å². The third-order valence-corrected chi connectivity index (χ3v) is 6.96. The normalized spacial score (nSPS) is 16.6. The zero-order chi connectivity index (χ0) is 25.2. The number of anilines is 1. The third-order valence-electron chi connectivity index (χ3n) is 6.96. The second-order valence-electron chi connectivity index (χ2n) is 9.32. The first-order chi connectivity index (χ1) is 18.2. The van der Waals surface area contributed by atoms with E-state index < -0.39 is 0 Å². The van der Waals surface area contributed by atoms with Crippen LogP contribution in [0.2, 0.25) is 0 Å². The predicted octanol–water partition coefficient (Wildman–Crippen LogP) is 5.39. The molecule has 6 nitrogen and oxygen atoms in total. The van der Waals surface area contributed by atoms with Crippen molar-refractivity contribution in [2.75, 3.05) is 31.1 Å². The number of fused-ring (bicyclic) bond motifs is 1. The molecule has 37 heavy (non-hydrogen) atoms. The number of phenols is 1. The highest BCUT2D eigenvalue weighted by molar-refractivity contribution is 6.15. The van der Waals surface area contributed by atoms with Gasteiger partial charge in [-0.15, -0.1) is 0 Å². The minimum atomic E-state index is -0.164. The number of Topliss-reactive ketones (excluding diaryl/α,β-unsaturated/α-hetero) is 1. The number of hydrogen-bond acceptors (Lipinski definition) is 6. The minimum absolute atomic E-state index is 0.146. The molecule has 1 aromatic heterocycles. The molecule has 0 amide bonds. The lowest BCUT2D eigenvalue weighted by atomic mass is 10.0. The van der Waals surface area contributed by atoms with Gasteiger partial charge < -0.3 is 14.7 Å². The van der Waals surface area contributed by atoms with Crippen molar-refractivity contribution in [3.63, 3.8) is 0 Å². The largest absolute Gasteiger partial charge is 0.507 e. The smallest absolute Gasteiger partial charge is 0.231 e. The Morgan fingerprint density at radius 1 is 0.838 bits per heavy atom. The van der Waals surface area contributed by atoms with Crippen LogP contribution in [0.1, 0.15) is 21.5 Å². The Kier molecular flexibility index (Phi) is 6.16. The molecule has 6 heteroatoms. The van der Waals surface area contributed by atoms with Gasteiger partial charge in [-0.3, -0.25) is 9.69 Å². The lowest BCUT2D eigenvalue weighted by Gasteiger charge is -2.35. The third kappa shape index (κ3) is 4.71. The summed E-state index contributed by atoms with van der Waals surface area (Å²) in [5, 5.41) is 10.7. The van der Waals surface area contributed by atoms with Gasteiger partial charge in [0.15, 0.2) is 5.76 Å². The van der Waals surface area contributed by atoms with E-state index in [1.54, 1.807) is 18.2 Å². The van der Waals surface area contributed by atoms with Gasteiger partial charge in [0.25, 0.3) is 0 Å². The number of benzene rings is 3. The Morgan fingerprint density at radius 2 is 1.57 bits per heavy atom. The molecule has 0 radical (unpaired) electrons. The quantitative estimate of drug-likeness (QED) is 0.379. The Balaban J connectivity index is 1.18. The molecule has 6 rings (SSSR count). The molecule has 184 valence electrons. The summed E-state index contributed by atoms with van der Waals surface area (Å²) in [6, 6.07) is 27.4. The molecular formula is C31H27N3O3. The first-order valence-electron chi connectivity index (χ1n) is 12.5. The summed E-state index contributed by atoms with van der Waals surface area (Å²) in [5.74, 6) is 1.69. The van der Waals surface area contributed by atoms with Crippen LogP contribution in [0.3, 0.4) is 0 Å². The number of carbonyl (C=O) groups excluding carboxylic acids is 1. The van der Waals surface area contributed by atoms with Crippen LogP contribution in [0, 0.1) is 0 Å². The summed E-state index contributed by atoms with van der Waals surface area (Å²) in [4.78, 5) is 22.1. The minimum Gasteiger partial charge on any atom is -0.507 e. The SMILES string of the molecule is O=C1C(=Cc2ccc(-c3ccccc3)cc2)Oc2c1ccc(O)c2CN1CCN(c2ccccn2)CC1. The number of rotatable bonds is 5. The molecule has 3 heterocycles. The molecule has 0 atom stereocenters. The second kappa shape index (κ2) is 9.91. The maximum Gasteiger partial charge on any atom is 0.231 e. The van der Waals surface area contributed by atoms with E-state index in [1.165, 1.54) is 0 Å². The fourth-order valence-electron chi connectivity index (χ4n) is 4.90. The predicted molar refractivity (Wildman–Crippen MR) is 145 cm³/mol. The Hall–Kier alpha value is -4.42. The molecule has 2 aliphatic heterocycles. The van der Waals surface area contributed by atoms with Crippen LogP contribution in [0.15, 0.2) is 96.9 Å². The number of piperazine rings is 1. The van der Waals surface area contributed by atoms with E-state index >= 15 is 0 Å². The number of aromatic hydroxyl groups is 1. The van der Waals surface area contributed by atoms with E-state index in [4.69, 9.17) is 4.74 Å². The zero-order valence-corrected chi connectivity index (χ0v) is 20.4. The van der Waals surface area contributed by atoms with Crippen LogP contribution in [0.25, 0.3) is 17.2 Å². The summed E-state index contributed by atoms with van der Waals surface area (Å²) < 4.78 is 6.09. The Labute approximate surface area is 216 Å². The average molecular weight is 490 g/mol. The standard InChI is InChI=1S/C31H27N3O3/c35-27-14-13-25-30(36)28(20-22-9-11-24(12-10-22)23-6-2-1-3-7-23)37-31(25)26(27)21-33-16-18-34(19-17-33)29-8-4-5-15-32-29/h1-15,20,35H,16-19,21H2. The van der Waals surface area contributed by atoms with E-state index in [2.05, 4.69) is 26.9 Å². The van der Waals surface area contributed by atoms with Gasteiger partial charge in [0, 0.05) is 38.9 Å². The van der Waals surface area contributed by atoms with Crippen LogP contribution in [0.5, 0.6) is 11.5 Å². The molecule has 4 aromatic rings. The lowest BCUT2D eigenvalue weighted by Crippen LogP contribution is -2.46. The van der Waals surface area contributed by atoms with E-state index in [-0.39, 0.29) is 17.3 Å². The molecule has 2 aliphatic rings. The first kappa shape index (κ1) is 23.0. The van der Waals surface area contributed by atoms with Crippen molar-refractivity contribution < 1.29 is 14.6 Å². The monoisotopic (exact) mass is 489 g/mol. The van der Waals surface area contributed by atoms with Gasteiger partial charge in [-0.05, 0) is 47.0 Å². The van der Waals surface area contributed by atoms with Crippen LogP contribution in [0.4, 0.5) is 5.82 Å². The molecule has 0 unspecified atom stereocenters. The van der Waals surface area contributed by atoms with E-state index in [9.17, 15) is 9.90 Å². The zero-order valence-electron chi connectivity index (χ0n) is 20.4. The summed E-state index contributed by atoms with van der Waals surface area (Å²) >= 11 is 0. The van der Waals surface area contributed by atoms with Gasteiger partial charge in [0.1, 0.15) is 17.3 Å². The van der Waals surface area contributed by atoms with Crippen molar-refractivity contribution >= 4 is 17.7 Å². The second-order valence-corrected chi connectivity index (χ2v) is 9.32. The molecule has 1 saturated heterocycles. The van der Waals surface area contributed by atoms with Crippen molar-refractivity contribution in [3.05, 3.63) is 114 Å². The van der Waals surface area contributed by atoms with Crippen LogP contribution >= 0.6 is 0 Å². The van der Waals surface area contributed by atoms with E-state index in [1.807, 2.05) is 66.9 Å². The first-order valence-corrected chi connectivity index (χ1v) is 12.5. The number of nitrogens with zero attached hydrogens (tertiary/aromatic N) is 3. The molecule has 3 aromatic carbocycles. The molecule has 0 spiro atoms. The summed E-state index contributed by atoms with van der Waals surface area (Å²) in [7, 11) is 0. The number of pyridine rings is 1. The van der Waals surface area contributed by atoms with E-state index in [0.717, 1.165) is 48.7 Å². The lowest BCUT2D eigenvalue weighted by molar-refractivity contribution is 0.101. The summed E-state index contributed by atoms with van der Waals surface area (Å²) in [6.45, 7) is 3.85. The maximum absolute atomic E-state index is 13.1. The number of aromatic nitrogens is 1. The van der Waals surface area contributed by atoms with Gasteiger partial charge in [-0.25, -0.2) is 4.98 Å². The maximum atomic E-state index is 13.1. The fourth-order valence-corrected chi connectivity index (χ4v) is 4.90. The van der Waals surface area contributed by atoms with Crippen molar-refractivity contribution in [2.45, 2.75) is 6.54 Å². The van der Waals surface area contributed by atoms with Crippen LogP contribution in [-0.2, 0) is 6.54 Å². The Morgan fingerprint density at radius 3 is 2.30 bits per heavy atom. The number of allylic oxidation sites excluding steroid dienone is 1. The highest BCUT2D eigenvalue weighted by Gasteiger charge is 2.32. The van der Waals surface area contributed by atoms with Gasteiger partial charge >= 0.3 is 0 Å². The molecule has 0 aliphatic carbocycles. The number of ketones is 1. The van der Waals surface area contributed by atoms with Crippen LogP contribution in [-0.4, -0.2) is 47.0 Å². The molecular weight excluding hydrogens is 462 g/mol. The molecule has 0 bridgehead atoms. The number of phenolic OH excluding ortho intramolecular Hbond substituents is 1. The molecule has 1 N–H and O–H groups in total. The van der Waals surface area contributed by atoms with E-state index in [0.29, 0.717) is 23.4 Å². The van der Waals surface area contributed by atoms with Crippen molar-refractivity contribution in [1.29, 1.82) is 0 Å². The van der Waals surface area contributed by atoms with Crippen LogP contribution < -0.4 is 9.64 Å². The highest BCUT2D eigenvalue weighted by atomic mass is 16.5. The summed E-state index contributed by atoms with van der Waals surface area (Å²) in [6.07, 6.45) is 3.58. The fraction of sp³-hybridized carbons (Fsp3) is 0.161. The number of carbonyl (C=O) groups is 1. The Bertz CT molecular complexity index is 1440. The van der Waals surface area contributed by atoms with Crippen molar-refractivity contribution in [1.82, 2.24) is 9.88 Å². The summed E-state index contributed by atoms with van der Waals surface area (Å²) in [5.41, 5.74) is 4.28. The topological polar surface area (TPSA) is 65.9 Å². The molecule has 0 saturated carbocycles. The van der Waals surface area contributed by atoms with Gasteiger partial charge in [-0.1, -0.05) is 60.7 Å². The average Bonchev–Trinajstić information content (AvgIpc) is 3.27. The van der Waals surface area contributed by atoms with Crippen molar-refractivity contribution in [3.8, 4) is 22.6 Å². The van der Waals surface area contributed by atoms with Gasteiger partial charge in [-0.2, -0.15) is 0 Å². The highest BCUT2D eigenvalue weighted by Crippen LogP contribution is 2.40. The molecule has 1 fully saturated rings. The number of ether oxygens (including phenoxy) is 1. The number of hydrogen-bond donors (Lipinski definition) is 1.